The van der Waals surface area contributed by atoms with Crippen molar-refractivity contribution in [1.29, 1.82) is 0 Å². The van der Waals surface area contributed by atoms with E-state index in [-0.39, 0.29) is 11.5 Å². The zero-order valence-electron chi connectivity index (χ0n) is 13.0. The molecule has 8 heteroatoms. The Balaban J connectivity index is 2.03. The number of pyridine rings is 1. The molecule has 0 spiro atoms. The van der Waals surface area contributed by atoms with E-state index in [1.807, 2.05) is 36.6 Å². The van der Waals surface area contributed by atoms with Crippen LogP contribution in [0.1, 0.15) is 31.2 Å². The van der Waals surface area contributed by atoms with Gasteiger partial charge in [0.1, 0.15) is 5.82 Å². The van der Waals surface area contributed by atoms with Crippen molar-refractivity contribution in [2.75, 3.05) is 0 Å². The lowest BCUT2D eigenvalue weighted by molar-refractivity contribution is 0.101. The van der Waals surface area contributed by atoms with Crippen molar-refractivity contribution >= 4 is 42.6 Å². The minimum atomic E-state index is -2.99. The van der Waals surface area contributed by atoms with Gasteiger partial charge >= 0.3 is 0 Å². The molecule has 2 aromatic heterocycles. The maximum absolute atomic E-state index is 13.9. The number of nitrogens with zero attached hydrogens (tertiary/aromatic N) is 3. The van der Waals surface area contributed by atoms with Crippen molar-refractivity contribution in [1.82, 2.24) is 14.6 Å². The molecule has 0 radical (unpaired) electrons. The highest BCUT2D eigenvalue weighted by Crippen LogP contribution is 2.43. The molecular formula is C16H15BrF2N3PS. The predicted molar refractivity (Wildman–Crippen MR) is 98.9 cm³/mol. The van der Waals surface area contributed by atoms with E-state index >= 15 is 0 Å². The molecule has 126 valence electrons. The first-order valence-electron chi connectivity index (χ1n) is 7.25. The fourth-order valence-corrected chi connectivity index (χ4v) is 4.02. The zero-order chi connectivity index (χ0) is 17.5. The van der Waals surface area contributed by atoms with Crippen molar-refractivity contribution in [2.45, 2.75) is 35.2 Å². The lowest BCUT2D eigenvalue weighted by Gasteiger charge is -2.16. The highest BCUT2D eigenvalue weighted by molar-refractivity contribution is 9.10. The van der Waals surface area contributed by atoms with Gasteiger partial charge in [0.25, 0.3) is 5.66 Å². The molecule has 0 aliphatic rings. The molecule has 0 aliphatic carbocycles. The maximum Gasteiger partial charge on any atom is 0.284 e. The van der Waals surface area contributed by atoms with Crippen molar-refractivity contribution < 1.29 is 8.78 Å². The largest absolute Gasteiger partial charge is 0.285 e. The van der Waals surface area contributed by atoms with Gasteiger partial charge in [0.15, 0.2) is 5.65 Å². The Bertz CT molecular complexity index is 893. The molecule has 24 heavy (non-hydrogen) atoms. The third kappa shape index (κ3) is 3.63. The van der Waals surface area contributed by atoms with Crippen LogP contribution in [0.15, 0.2) is 50.8 Å². The second kappa shape index (κ2) is 6.70. The predicted octanol–water partition coefficient (Wildman–Crippen LogP) is 5.69. The molecule has 0 amide bonds. The Morgan fingerprint density at radius 2 is 1.96 bits per heavy atom. The average Bonchev–Trinajstić information content (AvgIpc) is 2.91. The van der Waals surface area contributed by atoms with Crippen LogP contribution in [0.4, 0.5) is 8.78 Å². The van der Waals surface area contributed by atoms with Crippen LogP contribution >= 0.6 is 36.9 Å². The van der Waals surface area contributed by atoms with E-state index in [1.165, 1.54) is 17.8 Å². The van der Waals surface area contributed by atoms with Crippen LogP contribution in [0.3, 0.4) is 0 Å². The molecule has 3 aromatic rings. The van der Waals surface area contributed by atoms with Crippen LogP contribution in [0.5, 0.6) is 0 Å². The van der Waals surface area contributed by atoms with E-state index < -0.39 is 5.66 Å². The highest BCUT2D eigenvalue weighted by atomic mass is 79.9. The smallest absolute Gasteiger partial charge is 0.284 e. The molecule has 0 bridgehead atoms. The number of halogens is 3. The average molecular weight is 430 g/mol. The first kappa shape index (κ1) is 17.8. The van der Waals surface area contributed by atoms with Crippen LogP contribution in [0.2, 0.25) is 0 Å². The molecule has 1 atom stereocenters. The van der Waals surface area contributed by atoms with Gasteiger partial charge in [-0.05, 0) is 30.3 Å². The Labute approximate surface area is 153 Å². The third-order valence-electron chi connectivity index (χ3n) is 3.45. The van der Waals surface area contributed by atoms with E-state index in [9.17, 15) is 8.78 Å². The van der Waals surface area contributed by atoms with Gasteiger partial charge in [-0.3, -0.25) is 4.40 Å². The topological polar surface area (TPSA) is 30.2 Å². The summed E-state index contributed by atoms with van der Waals surface area (Å²) in [6, 6.07) is 8.62. The van der Waals surface area contributed by atoms with Crippen LogP contribution in [0, 0.1) is 0 Å². The molecule has 0 aliphatic heterocycles. The first-order chi connectivity index (χ1) is 11.3. The summed E-state index contributed by atoms with van der Waals surface area (Å²) in [5.41, 5.74) is -2.27. The fourth-order valence-electron chi connectivity index (χ4n) is 2.32. The SMILES string of the molecule is CC(C)c1nnc2ccc(Sc3ccc(Br)cc3C(F)(F)P)cn12. The molecule has 3 rings (SSSR count). The minimum absolute atomic E-state index is 0.0280. The van der Waals surface area contributed by atoms with Gasteiger partial charge in [0, 0.05) is 31.9 Å². The van der Waals surface area contributed by atoms with Crippen molar-refractivity contribution in [3.63, 3.8) is 0 Å². The second-order valence-electron chi connectivity index (χ2n) is 5.67. The van der Waals surface area contributed by atoms with Crippen LogP contribution < -0.4 is 0 Å². The first-order valence-corrected chi connectivity index (χ1v) is 9.43. The molecule has 2 heterocycles. The van der Waals surface area contributed by atoms with Gasteiger partial charge in [-0.2, -0.15) is 8.78 Å². The van der Waals surface area contributed by atoms with Crippen molar-refractivity contribution in [2.24, 2.45) is 0 Å². The quantitative estimate of drug-likeness (QED) is 0.499. The number of aromatic nitrogens is 3. The molecule has 0 saturated carbocycles. The summed E-state index contributed by atoms with van der Waals surface area (Å²) in [5.74, 6) is 1.07. The van der Waals surface area contributed by atoms with Gasteiger partial charge in [0.2, 0.25) is 0 Å². The van der Waals surface area contributed by atoms with Gasteiger partial charge in [-0.15, -0.1) is 10.2 Å². The Morgan fingerprint density at radius 3 is 2.62 bits per heavy atom. The fraction of sp³-hybridized carbons (Fsp3) is 0.250. The maximum atomic E-state index is 13.9. The number of hydrogen-bond donors (Lipinski definition) is 0. The summed E-state index contributed by atoms with van der Waals surface area (Å²) in [6.45, 7) is 4.08. The van der Waals surface area contributed by atoms with Gasteiger partial charge in [-0.1, -0.05) is 50.8 Å². The molecule has 0 saturated heterocycles. The van der Waals surface area contributed by atoms with Crippen LogP contribution in [-0.2, 0) is 5.66 Å². The second-order valence-corrected chi connectivity index (χ2v) is 8.43. The molecular weight excluding hydrogens is 415 g/mol. The van der Waals surface area contributed by atoms with Gasteiger partial charge in [0.05, 0.1) is 0 Å². The minimum Gasteiger partial charge on any atom is -0.285 e. The Hall–Kier alpha value is -1.04. The van der Waals surface area contributed by atoms with E-state index in [0.717, 1.165) is 16.4 Å². The van der Waals surface area contributed by atoms with Crippen molar-refractivity contribution in [3.8, 4) is 0 Å². The number of rotatable bonds is 4. The van der Waals surface area contributed by atoms with Gasteiger partial charge < -0.3 is 0 Å². The number of alkyl halides is 2. The molecule has 0 N–H and O–H groups in total. The van der Waals surface area contributed by atoms with E-state index in [4.69, 9.17) is 0 Å². The summed E-state index contributed by atoms with van der Waals surface area (Å²) in [6.07, 6.45) is 1.89. The summed E-state index contributed by atoms with van der Waals surface area (Å²) < 4.78 is 30.3. The molecule has 1 unspecified atom stereocenters. The lowest BCUT2D eigenvalue weighted by Crippen LogP contribution is -2.04. The summed E-state index contributed by atoms with van der Waals surface area (Å²) >= 11 is 4.55. The Morgan fingerprint density at radius 1 is 1.21 bits per heavy atom. The van der Waals surface area contributed by atoms with E-state index in [1.54, 1.807) is 21.4 Å². The summed E-state index contributed by atoms with van der Waals surface area (Å²) in [7, 11) is 1.60. The lowest BCUT2D eigenvalue weighted by atomic mass is 10.2. The number of hydrogen-bond acceptors (Lipinski definition) is 3. The third-order valence-corrected chi connectivity index (χ3v) is 5.30. The monoisotopic (exact) mass is 429 g/mol. The van der Waals surface area contributed by atoms with E-state index in [2.05, 4.69) is 26.1 Å². The van der Waals surface area contributed by atoms with Crippen LogP contribution in [0.25, 0.3) is 5.65 Å². The summed E-state index contributed by atoms with van der Waals surface area (Å²) in [4.78, 5) is 1.36. The highest BCUT2D eigenvalue weighted by Gasteiger charge is 2.28. The Kier molecular flexibility index (Phi) is 4.96. The molecule has 0 fully saturated rings. The van der Waals surface area contributed by atoms with Crippen LogP contribution in [-0.4, -0.2) is 14.6 Å². The van der Waals surface area contributed by atoms with E-state index in [0.29, 0.717) is 9.37 Å². The standard InChI is InChI=1S/C16H15BrF2N3PS/c1-9(2)15-21-20-14-6-4-11(8-22(14)15)24-13-5-3-10(17)7-12(13)16(18,19)23/h3-9H,23H2,1-2H3. The van der Waals surface area contributed by atoms with Gasteiger partial charge in [-0.25, -0.2) is 0 Å². The summed E-state index contributed by atoms with van der Waals surface area (Å²) in [5, 5.41) is 8.32. The normalized spacial score (nSPS) is 12.3. The molecule has 3 nitrogen and oxygen atoms in total. The zero-order valence-corrected chi connectivity index (χ0v) is 16.6. The number of fused-ring (bicyclic) bond motifs is 1. The van der Waals surface area contributed by atoms with Crippen molar-refractivity contribution in [3.05, 3.63) is 52.4 Å². The molecule has 1 aromatic carbocycles. The number of benzene rings is 1.